The normalized spacial score (nSPS) is 17.4. The lowest BCUT2D eigenvalue weighted by Crippen LogP contribution is -2.08. The molecule has 0 spiro atoms. The predicted molar refractivity (Wildman–Crippen MR) is 80.3 cm³/mol. The molecule has 0 amide bonds. The molecule has 3 aromatic rings. The Morgan fingerprint density at radius 2 is 1.95 bits per heavy atom. The average molecular weight is 302 g/mol. The maximum atomic E-state index is 14.1. The number of hydrogen-bond donors (Lipinski definition) is 0. The van der Waals surface area contributed by atoms with E-state index in [9.17, 15) is 8.78 Å². The first-order valence-electron chi connectivity index (χ1n) is 6.68. The summed E-state index contributed by atoms with van der Waals surface area (Å²) in [6, 6.07) is 9.97. The minimum atomic E-state index is -0.505. The Morgan fingerprint density at radius 1 is 1.19 bits per heavy atom. The van der Waals surface area contributed by atoms with Crippen LogP contribution in [-0.4, -0.2) is 9.55 Å². The Kier molecular flexibility index (Phi) is 2.79. The number of halogens is 2. The molecule has 106 valence electrons. The third kappa shape index (κ3) is 1.87. The van der Waals surface area contributed by atoms with Gasteiger partial charge < -0.3 is 4.57 Å². The number of imidazole rings is 1. The molecule has 1 aliphatic heterocycles. The summed E-state index contributed by atoms with van der Waals surface area (Å²) in [5, 5.41) is -0.395. The molecule has 0 radical (unpaired) electrons. The lowest BCUT2D eigenvalue weighted by Gasteiger charge is -2.15. The lowest BCUT2D eigenvalue weighted by molar-refractivity contribution is 0.544. The molecule has 1 unspecified atom stereocenters. The topological polar surface area (TPSA) is 17.8 Å². The van der Waals surface area contributed by atoms with Crippen LogP contribution in [0.4, 0.5) is 8.78 Å². The maximum absolute atomic E-state index is 14.1. The van der Waals surface area contributed by atoms with Gasteiger partial charge in [-0.2, -0.15) is 0 Å². The molecular weight excluding hydrogens is 290 g/mol. The molecule has 0 fully saturated rings. The van der Waals surface area contributed by atoms with Crippen molar-refractivity contribution in [1.82, 2.24) is 9.55 Å². The maximum Gasteiger partial charge on any atom is 0.132 e. The second-order valence-electron chi connectivity index (χ2n) is 5.19. The van der Waals surface area contributed by atoms with Crippen LogP contribution in [0.3, 0.4) is 0 Å². The van der Waals surface area contributed by atoms with Crippen molar-refractivity contribution < 1.29 is 8.78 Å². The van der Waals surface area contributed by atoms with Crippen molar-refractivity contribution in [3.05, 3.63) is 65.0 Å². The van der Waals surface area contributed by atoms with Crippen molar-refractivity contribution in [3.8, 4) is 0 Å². The Morgan fingerprint density at radius 3 is 2.71 bits per heavy atom. The summed E-state index contributed by atoms with van der Waals surface area (Å²) in [5.41, 5.74) is 3.04. The van der Waals surface area contributed by atoms with Crippen LogP contribution in [0.5, 0.6) is 0 Å². The van der Waals surface area contributed by atoms with Gasteiger partial charge >= 0.3 is 0 Å². The highest BCUT2D eigenvalue weighted by Gasteiger charge is 2.31. The summed E-state index contributed by atoms with van der Waals surface area (Å²) in [5.74, 6) is 0.517. The van der Waals surface area contributed by atoms with Crippen molar-refractivity contribution >= 4 is 22.8 Å². The number of hydrogen-bond acceptors (Lipinski definition) is 2. The molecule has 4 rings (SSSR count). The van der Waals surface area contributed by atoms with Crippen LogP contribution in [0.25, 0.3) is 11.0 Å². The zero-order chi connectivity index (χ0) is 14.6. The first kappa shape index (κ1) is 12.8. The summed E-state index contributed by atoms with van der Waals surface area (Å²) in [6.45, 7) is 2.01. The molecule has 21 heavy (non-hydrogen) atoms. The molecule has 0 N–H and O–H groups in total. The van der Waals surface area contributed by atoms with Gasteiger partial charge in [0.2, 0.25) is 0 Å². The van der Waals surface area contributed by atoms with Crippen molar-refractivity contribution in [2.45, 2.75) is 18.1 Å². The smallest absolute Gasteiger partial charge is 0.132 e. The second kappa shape index (κ2) is 4.56. The average Bonchev–Trinajstić information content (AvgIpc) is 2.97. The third-order valence-electron chi connectivity index (χ3n) is 3.77. The van der Waals surface area contributed by atoms with Gasteiger partial charge in [-0.25, -0.2) is 13.8 Å². The fourth-order valence-corrected chi connectivity index (χ4v) is 4.10. The van der Waals surface area contributed by atoms with Gasteiger partial charge in [0.05, 0.1) is 22.3 Å². The van der Waals surface area contributed by atoms with Crippen LogP contribution in [-0.2, 0) is 5.75 Å². The minimum Gasteiger partial charge on any atom is -0.310 e. The Balaban J connectivity index is 1.95. The van der Waals surface area contributed by atoms with Crippen molar-refractivity contribution in [3.63, 3.8) is 0 Å². The fourth-order valence-electron chi connectivity index (χ4n) is 2.81. The molecule has 2 heterocycles. The molecule has 1 aliphatic rings. The first-order chi connectivity index (χ1) is 10.1. The molecular formula is C16H12F2N2S. The van der Waals surface area contributed by atoms with Gasteiger partial charge in [0.1, 0.15) is 22.8 Å². The monoisotopic (exact) mass is 302 g/mol. The van der Waals surface area contributed by atoms with E-state index in [0.717, 1.165) is 22.4 Å². The summed E-state index contributed by atoms with van der Waals surface area (Å²) < 4.78 is 30.1. The number of aromatic nitrogens is 2. The zero-order valence-electron chi connectivity index (χ0n) is 11.3. The number of nitrogens with zero attached hydrogens (tertiary/aromatic N) is 2. The van der Waals surface area contributed by atoms with Crippen LogP contribution in [0.1, 0.15) is 22.3 Å². The third-order valence-corrected chi connectivity index (χ3v) is 4.96. The van der Waals surface area contributed by atoms with Gasteiger partial charge in [0.15, 0.2) is 0 Å². The van der Waals surface area contributed by atoms with Crippen molar-refractivity contribution in [2.75, 3.05) is 0 Å². The number of thioether (sulfide) groups is 1. The van der Waals surface area contributed by atoms with E-state index < -0.39 is 17.0 Å². The molecule has 1 atom stereocenters. The number of fused-ring (bicyclic) bond motifs is 3. The highest BCUT2D eigenvalue weighted by molar-refractivity contribution is 7.99. The van der Waals surface area contributed by atoms with E-state index in [2.05, 4.69) is 4.98 Å². The van der Waals surface area contributed by atoms with Crippen molar-refractivity contribution in [2.24, 2.45) is 0 Å². The summed E-state index contributed by atoms with van der Waals surface area (Å²) in [4.78, 5) is 4.59. The molecule has 1 aromatic heterocycles. The molecule has 0 bridgehead atoms. The standard InChI is InChI=1S/C16H12F2N2S/c1-9-5-6-13-12(7-9)19-14-8-21-16(20(13)14)15-10(17)3-2-4-11(15)18/h2-7,16H,8H2,1H3. The van der Waals surface area contributed by atoms with Gasteiger partial charge in [-0.1, -0.05) is 12.1 Å². The van der Waals surface area contributed by atoms with E-state index in [1.165, 1.54) is 30.0 Å². The number of rotatable bonds is 1. The SMILES string of the molecule is Cc1ccc2c(c1)nc1n2C(c2c(F)cccc2F)SC1. The highest BCUT2D eigenvalue weighted by atomic mass is 32.2. The van der Waals surface area contributed by atoms with Gasteiger partial charge in [0, 0.05) is 0 Å². The summed E-state index contributed by atoms with van der Waals surface area (Å²) in [6.07, 6.45) is 0. The predicted octanol–water partition coefficient (Wildman–Crippen LogP) is 4.42. The van der Waals surface area contributed by atoms with Crippen LogP contribution in [0, 0.1) is 18.6 Å². The van der Waals surface area contributed by atoms with E-state index in [0.29, 0.717) is 5.75 Å². The molecule has 2 nitrogen and oxygen atoms in total. The molecule has 0 saturated carbocycles. The summed E-state index contributed by atoms with van der Waals surface area (Å²) in [7, 11) is 0. The number of aryl methyl sites for hydroxylation is 1. The molecule has 0 aliphatic carbocycles. The Labute approximate surface area is 124 Å². The molecule has 5 heteroatoms. The number of benzene rings is 2. The van der Waals surface area contributed by atoms with E-state index in [4.69, 9.17) is 0 Å². The van der Waals surface area contributed by atoms with Crippen LogP contribution < -0.4 is 0 Å². The Bertz CT molecular complexity index is 837. The largest absolute Gasteiger partial charge is 0.310 e. The van der Waals surface area contributed by atoms with Crippen molar-refractivity contribution in [1.29, 1.82) is 0 Å². The van der Waals surface area contributed by atoms with Crippen LogP contribution >= 0.6 is 11.8 Å². The Hall–Kier alpha value is -1.88. The molecule has 0 saturated heterocycles. The fraction of sp³-hybridized carbons (Fsp3) is 0.188. The first-order valence-corrected chi connectivity index (χ1v) is 7.73. The zero-order valence-corrected chi connectivity index (χ0v) is 12.1. The van der Waals surface area contributed by atoms with E-state index in [1.54, 1.807) is 0 Å². The van der Waals surface area contributed by atoms with E-state index in [-0.39, 0.29) is 5.56 Å². The van der Waals surface area contributed by atoms with Crippen LogP contribution in [0.15, 0.2) is 36.4 Å². The lowest BCUT2D eigenvalue weighted by atomic mass is 10.1. The minimum absolute atomic E-state index is 0.112. The van der Waals surface area contributed by atoms with E-state index >= 15 is 0 Å². The van der Waals surface area contributed by atoms with Crippen LogP contribution in [0.2, 0.25) is 0 Å². The quantitative estimate of drug-likeness (QED) is 0.662. The summed E-state index contributed by atoms with van der Waals surface area (Å²) >= 11 is 1.50. The van der Waals surface area contributed by atoms with Gasteiger partial charge in [-0.05, 0) is 36.8 Å². The van der Waals surface area contributed by atoms with Gasteiger partial charge in [0.25, 0.3) is 0 Å². The van der Waals surface area contributed by atoms with Gasteiger partial charge in [-0.3, -0.25) is 0 Å². The van der Waals surface area contributed by atoms with Gasteiger partial charge in [-0.15, -0.1) is 11.8 Å². The highest BCUT2D eigenvalue weighted by Crippen LogP contribution is 2.44. The molecule has 2 aromatic carbocycles. The van der Waals surface area contributed by atoms with E-state index in [1.807, 2.05) is 29.7 Å². The second-order valence-corrected chi connectivity index (χ2v) is 6.26.